The van der Waals surface area contributed by atoms with Gasteiger partial charge in [-0.2, -0.15) is 0 Å². The summed E-state index contributed by atoms with van der Waals surface area (Å²) in [6, 6.07) is 11.2. The number of hydrogen-bond acceptors (Lipinski definition) is 2. The van der Waals surface area contributed by atoms with Crippen LogP contribution in [0.25, 0.3) is 0 Å². The highest BCUT2D eigenvalue weighted by molar-refractivity contribution is 5.79. The van der Waals surface area contributed by atoms with Crippen LogP contribution < -0.4 is 5.32 Å². The number of hydrogen-bond donors (Lipinski definition) is 1. The van der Waals surface area contributed by atoms with E-state index in [-0.39, 0.29) is 5.92 Å². The van der Waals surface area contributed by atoms with E-state index in [9.17, 15) is 4.79 Å². The molecule has 22 heavy (non-hydrogen) atoms. The van der Waals surface area contributed by atoms with Crippen molar-refractivity contribution in [2.75, 3.05) is 19.6 Å². The minimum absolute atomic E-state index is 0.274. The summed E-state index contributed by atoms with van der Waals surface area (Å²) in [7, 11) is 0. The Morgan fingerprint density at radius 1 is 1.14 bits per heavy atom. The van der Waals surface area contributed by atoms with Gasteiger partial charge in [0.1, 0.15) is 0 Å². The lowest BCUT2D eigenvalue weighted by Gasteiger charge is -2.31. The van der Waals surface area contributed by atoms with Crippen LogP contribution in [0.2, 0.25) is 0 Å². The van der Waals surface area contributed by atoms with Gasteiger partial charge in [0.15, 0.2) is 0 Å². The lowest BCUT2D eigenvalue weighted by atomic mass is 9.95. The van der Waals surface area contributed by atoms with Crippen molar-refractivity contribution in [2.45, 2.75) is 51.0 Å². The van der Waals surface area contributed by atoms with Gasteiger partial charge in [0.25, 0.3) is 0 Å². The first-order chi connectivity index (χ1) is 10.8. The fourth-order valence-corrected chi connectivity index (χ4v) is 3.92. The summed E-state index contributed by atoms with van der Waals surface area (Å²) in [6.45, 7) is 2.99. The molecule has 2 saturated heterocycles. The van der Waals surface area contributed by atoms with Gasteiger partial charge in [0.05, 0.1) is 0 Å². The van der Waals surface area contributed by atoms with Crippen molar-refractivity contribution in [1.82, 2.24) is 10.2 Å². The first kappa shape index (κ1) is 15.5. The molecule has 1 aromatic carbocycles. The van der Waals surface area contributed by atoms with Crippen LogP contribution in [0, 0.1) is 5.92 Å². The summed E-state index contributed by atoms with van der Waals surface area (Å²) < 4.78 is 0. The molecule has 2 aliphatic heterocycles. The number of nitrogens with zero attached hydrogens (tertiary/aromatic N) is 1. The molecule has 0 spiro atoms. The molecule has 0 saturated carbocycles. The Balaban J connectivity index is 1.48. The van der Waals surface area contributed by atoms with E-state index in [2.05, 4.69) is 40.5 Å². The quantitative estimate of drug-likeness (QED) is 0.906. The largest absolute Gasteiger partial charge is 0.339 e. The summed E-state index contributed by atoms with van der Waals surface area (Å²) in [4.78, 5) is 15.0. The second-order valence-electron chi connectivity index (χ2n) is 6.73. The molecule has 120 valence electrons. The van der Waals surface area contributed by atoms with Gasteiger partial charge in [-0.05, 0) is 63.6 Å². The zero-order valence-electron chi connectivity index (χ0n) is 13.5. The molecule has 1 amide bonds. The Morgan fingerprint density at radius 2 is 1.91 bits per heavy atom. The van der Waals surface area contributed by atoms with Crippen LogP contribution in [0.15, 0.2) is 30.3 Å². The summed E-state index contributed by atoms with van der Waals surface area (Å²) >= 11 is 0. The number of piperidine rings is 1. The molecule has 2 aliphatic rings. The molecule has 0 radical (unpaired) electrons. The van der Waals surface area contributed by atoms with Gasteiger partial charge < -0.3 is 10.2 Å². The number of benzene rings is 1. The Labute approximate surface area is 134 Å². The summed E-state index contributed by atoms with van der Waals surface area (Å²) in [6.07, 6.45) is 7.90. The number of rotatable bonds is 5. The molecule has 3 heteroatoms. The van der Waals surface area contributed by atoms with E-state index in [4.69, 9.17) is 0 Å². The highest BCUT2D eigenvalue weighted by Crippen LogP contribution is 2.26. The average Bonchev–Trinajstić information content (AvgIpc) is 3.04. The number of likely N-dealkylation sites (tertiary alicyclic amines) is 1. The van der Waals surface area contributed by atoms with Crippen molar-refractivity contribution in [3.05, 3.63) is 35.9 Å². The average molecular weight is 300 g/mol. The molecule has 2 fully saturated rings. The molecule has 0 bridgehead atoms. The Hall–Kier alpha value is -1.35. The van der Waals surface area contributed by atoms with Crippen LogP contribution in [-0.2, 0) is 11.2 Å². The van der Waals surface area contributed by atoms with Gasteiger partial charge in [-0.25, -0.2) is 0 Å². The third kappa shape index (κ3) is 3.89. The first-order valence-electron chi connectivity index (χ1n) is 8.90. The van der Waals surface area contributed by atoms with Crippen molar-refractivity contribution in [3.63, 3.8) is 0 Å². The molecule has 2 heterocycles. The van der Waals surface area contributed by atoms with Crippen LogP contribution in [0.4, 0.5) is 0 Å². The fraction of sp³-hybridized carbons (Fsp3) is 0.632. The van der Waals surface area contributed by atoms with Crippen molar-refractivity contribution < 1.29 is 4.79 Å². The molecule has 0 unspecified atom stereocenters. The van der Waals surface area contributed by atoms with Crippen LogP contribution in [0.3, 0.4) is 0 Å². The maximum Gasteiger partial charge on any atom is 0.226 e. The molecule has 1 N–H and O–H groups in total. The molecule has 3 nitrogen and oxygen atoms in total. The zero-order chi connectivity index (χ0) is 15.2. The van der Waals surface area contributed by atoms with Crippen molar-refractivity contribution >= 4 is 5.91 Å². The SMILES string of the molecule is O=C(C1CCNCC1)N1CCC[C@H]1CCCc1ccccc1. The van der Waals surface area contributed by atoms with E-state index < -0.39 is 0 Å². The minimum atomic E-state index is 0.274. The van der Waals surface area contributed by atoms with E-state index in [0.717, 1.165) is 45.3 Å². The summed E-state index contributed by atoms with van der Waals surface area (Å²) in [5.74, 6) is 0.708. The lowest BCUT2D eigenvalue weighted by Crippen LogP contribution is -2.43. The third-order valence-corrected chi connectivity index (χ3v) is 5.19. The fourth-order valence-electron chi connectivity index (χ4n) is 3.92. The van der Waals surface area contributed by atoms with Gasteiger partial charge in [0, 0.05) is 18.5 Å². The highest BCUT2D eigenvalue weighted by atomic mass is 16.2. The van der Waals surface area contributed by atoms with Crippen LogP contribution >= 0.6 is 0 Å². The van der Waals surface area contributed by atoms with E-state index >= 15 is 0 Å². The maximum atomic E-state index is 12.7. The van der Waals surface area contributed by atoms with Crippen LogP contribution in [-0.4, -0.2) is 36.5 Å². The smallest absolute Gasteiger partial charge is 0.226 e. The van der Waals surface area contributed by atoms with Gasteiger partial charge in [-0.3, -0.25) is 4.79 Å². The lowest BCUT2D eigenvalue weighted by molar-refractivity contribution is -0.137. The zero-order valence-corrected chi connectivity index (χ0v) is 13.5. The van der Waals surface area contributed by atoms with Crippen molar-refractivity contribution in [3.8, 4) is 0 Å². The minimum Gasteiger partial charge on any atom is -0.339 e. The summed E-state index contributed by atoms with van der Waals surface area (Å²) in [5, 5.41) is 3.35. The summed E-state index contributed by atoms with van der Waals surface area (Å²) in [5.41, 5.74) is 1.41. The Morgan fingerprint density at radius 3 is 2.68 bits per heavy atom. The van der Waals surface area contributed by atoms with Gasteiger partial charge in [-0.1, -0.05) is 30.3 Å². The number of nitrogens with one attached hydrogen (secondary N) is 1. The third-order valence-electron chi connectivity index (χ3n) is 5.19. The normalized spacial score (nSPS) is 22.9. The van der Waals surface area contributed by atoms with Crippen molar-refractivity contribution in [1.29, 1.82) is 0 Å². The number of amides is 1. The Bertz CT molecular complexity index is 468. The van der Waals surface area contributed by atoms with Crippen LogP contribution in [0.1, 0.15) is 44.1 Å². The number of carbonyl (C=O) groups excluding carboxylic acids is 1. The second-order valence-corrected chi connectivity index (χ2v) is 6.73. The van der Waals surface area contributed by atoms with E-state index in [1.54, 1.807) is 0 Å². The molecular weight excluding hydrogens is 272 g/mol. The van der Waals surface area contributed by atoms with Gasteiger partial charge in [-0.15, -0.1) is 0 Å². The maximum absolute atomic E-state index is 12.7. The molecule has 0 aromatic heterocycles. The number of aryl methyl sites for hydroxylation is 1. The van der Waals surface area contributed by atoms with E-state index in [1.165, 1.54) is 24.8 Å². The second kappa shape index (κ2) is 7.77. The molecule has 1 atom stereocenters. The predicted octanol–water partition coefficient (Wildman–Crippen LogP) is 3.00. The Kier molecular flexibility index (Phi) is 5.49. The van der Waals surface area contributed by atoms with E-state index in [0.29, 0.717) is 11.9 Å². The monoisotopic (exact) mass is 300 g/mol. The standard InChI is InChI=1S/C19H28N2O/c22-19(17-11-13-20-14-12-17)21-15-5-10-18(21)9-4-8-16-6-2-1-3-7-16/h1-3,6-7,17-18,20H,4-5,8-15H2/t18-/m1/s1. The topological polar surface area (TPSA) is 32.3 Å². The molecule has 3 rings (SSSR count). The first-order valence-corrected chi connectivity index (χ1v) is 8.90. The van der Waals surface area contributed by atoms with Crippen LogP contribution in [0.5, 0.6) is 0 Å². The molecule has 0 aliphatic carbocycles. The van der Waals surface area contributed by atoms with Crippen molar-refractivity contribution in [2.24, 2.45) is 5.92 Å². The predicted molar refractivity (Wildman–Crippen MR) is 89.7 cm³/mol. The molecule has 1 aromatic rings. The highest BCUT2D eigenvalue weighted by Gasteiger charge is 2.33. The number of carbonyl (C=O) groups is 1. The molecular formula is C19H28N2O. The van der Waals surface area contributed by atoms with Gasteiger partial charge in [0.2, 0.25) is 5.91 Å². The van der Waals surface area contributed by atoms with E-state index in [1.807, 2.05) is 0 Å². The van der Waals surface area contributed by atoms with Gasteiger partial charge >= 0.3 is 0 Å².